The summed E-state index contributed by atoms with van der Waals surface area (Å²) in [5.74, 6) is 0. The van der Waals surface area contributed by atoms with Crippen molar-refractivity contribution in [2.45, 2.75) is 44.9 Å². The molecule has 0 radical (unpaired) electrons. The fourth-order valence-electron chi connectivity index (χ4n) is 1.74. The maximum Gasteiger partial charge on any atom is 0.411 e. The van der Waals surface area contributed by atoms with Crippen LogP contribution in [-0.2, 0) is 10.2 Å². The SMILES string of the molecule is CCC(C)(C)c1ccc(C(O)COCC(F)(F)F)cc1. The number of hydrogen-bond acceptors (Lipinski definition) is 2. The summed E-state index contributed by atoms with van der Waals surface area (Å²) in [6, 6.07) is 7.25. The predicted molar refractivity (Wildman–Crippen MR) is 71.6 cm³/mol. The van der Waals surface area contributed by atoms with Gasteiger partial charge in [-0.25, -0.2) is 0 Å². The highest BCUT2D eigenvalue weighted by atomic mass is 19.4. The van der Waals surface area contributed by atoms with Gasteiger partial charge in [0.2, 0.25) is 0 Å². The first-order chi connectivity index (χ1) is 9.15. The molecule has 1 aromatic rings. The van der Waals surface area contributed by atoms with Gasteiger partial charge in [0.25, 0.3) is 0 Å². The molecule has 0 fully saturated rings. The molecule has 0 spiro atoms. The number of rotatable bonds is 6. The average molecular weight is 290 g/mol. The van der Waals surface area contributed by atoms with Crippen molar-refractivity contribution in [3.8, 4) is 0 Å². The highest BCUT2D eigenvalue weighted by Crippen LogP contribution is 2.27. The van der Waals surface area contributed by atoms with Gasteiger partial charge in [0.15, 0.2) is 0 Å². The molecule has 1 unspecified atom stereocenters. The third-order valence-electron chi connectivity index (χ3n) is 3.50. The molecule has 1 aromatic carbocycles. The Morgan fingerprint density at radius 3 is 2.15 bits per heavy atom. The largest absolute Gasteiger partial charge is 0.411 e. The Morgan fingerprint density at radius 1 is 1.15 bits per heavy atom. The molecule has 114 valence electrons. The lowest BCUT2D eigenvalue weighted by Crippen LogP contribution is -2.20. The van der Waals surface area contributed by atoms with E-state index in [-0.39, 0.29) is 12.0 Å². The van der Waals surface area contributed by atoms with Crippen molar-refractivity contribution in [1.82, 2.24) is 0 Å². The van der Waals surface area contributed by atoms with Gasteiger partial charge in [-0.3, -0.25) is 0 Å². The van der Waals surface area contributed by atoms with Gasteiger partial charge in [-0.2, -0.15) is 13.2 Å². The maximum absolute atomic E-state index is 11.9. The van der Waals surface area contributed by atoms with Crippen LogP contribution in [0, 0.1) is 0 Å². The van der Waals surface area contributed by atoms with Crippen molar-refractivity contribution in [1.29, 1.82) is 0 Å². The lowest BCUT2D eigenvalue weighted by atomic mass is 9.82. The van der Waals surface area contributed by atoms with Crippen LogP contribution in [0.15, 0.2) is 24.3 Å². The lowest BCUT2D eigenvalue weighted by molar-refractivity contribution is -0.179. The van der Waals surface area contributed by atoms with Crippen molar-refractivity contribution in [3.05, 3.63) is 35.4 Å². The van der Waals surface area contributed by atoms with Gasteiger partial charge in [-0.05, 0) is 23.0 Å². The number of benzene rings is 1. The van der Waals surface area contributed by atoms with Gasteiger partial charge >= 0.3 is 6.18 Å². The summed E-state index contributed by atoms with van der Waals surface area (Å²) in [6.45, 7) is 4.62. The van der Waals surface area contributed by atoms with Crippen molar-refractivity contribution in [2.24, 2.45) is 0 Å². The van der Waals surface area contributed by atoms with Gasteiger partial charge in [-0.1, -0.05) is 45.0 Å². The minimum absolute atomic E-state index is 0.0380. The zero-order chi connectivity index (χ0) is 15.4. The topological polar surface area (TPSA) is 29.5 Å². The molecule has 0 saturated heterocycles. The fraction of sp³-hybridized carbons (Fsp3) is 0.600. The Kier molecular flexibility index (Phi) is 5.59. The minimum atomic E-state index is -4.37. The van der Waals surface area contributed by atoms with E-state index >= 15 is 0 Å². The van der Waals surface area contributed by atoms with E-state index in [1.807, 2.05) is 12.1 Å². The summed E-state index contributed by atoms with van der Waals surface area (Å²) >= 11 is 0. The first kappa shape index (κ1) is 17.0. The second kappa shape index (κ2) is 6.59. The van der Waals surface area contributed by atoms with Crippen molar-refractivity contribution < 1.29 is 23.0 Å². The van der Waals surface area contributed by atoms with Gasteiger partial charge in [-0.15, -0.1) is 0 Å². The Morgan fingerprint density at radius 2 is 1.70 bits per heavy atom. The monoisotopic (exact) mass is 290 g/mol. The molecule has 0 aliphatic heterocycles. The summed E-state index contributed by atoms with van der Waals surface area (Å²) in [6.07, 6.45) is -4.44. The summed E-state index contributed by atoms with van der Waals surface area (Å²) in [7, 11) is 0. The first-order valence-electron chi connectivity index (χ1n) is 6.59. The number of halogens is 3. The molecule has 0 aromatic heterocycles. The molecule has 1 atom stereocenters. The van der Waals surface area contributed by atoms with Crippen LogP contribution in [0.3, 0.4) is 0 Å². The zero-order valence-corrected chi connectivity index (χ0v) is 12.0. The quantitative estimate of drug-likeness (QED) is 0.858. The predicted octanol–water partition coefficient (Wildman–Crippen LogP) is 3.99. The van der Waals surface area contributed by atoms with Crippen molar-refractivity contribution in [2.75, 3.05) is 13.2 Å². The standard InChI is InChI=1S/C15H21F3O2/c1-4-14(2,3)12-7-5-11(6-8-12)13(19)9-20-10-15(16,17)18/h5-8,13,19H,4,9-10H2,1-3H3. The van der Waals surface area contributed by atoms with Crippen LogP contribution in [0.4, 0.5) is 13.2 Å². The summed E-state index contributed by atoms with van der Waals surface area (Å²) in [5.41, 5.74) is 1.73. The molecular formula is C15H21F3O2. The smallest absolute Gasteiger partial charge is 0.386 e. The molecule has 5 heteroatoms. The first-order valence-corrected chi connectivity index (χ1v) is 6.59. The number of hydrogen-bond donors (Lipinski definition) is 1. The highest BCUT2D eigenvalue weighted by Gasteiger charge is 2.28. The van der Waals surface area contributed by atoms with Crippen LogP contribution >= 0.6 is 0 Å². The van der Waals surface area contributed by atoms with Crippen LogP contribution in [-0.4, -0.2) is 24.5 Å². The Labute approximate surface area is 117 Å². The summed E-state index contributed by atoms with van der Waals surface area (Å²) < 4.78 is 40.2. The van der Waals surface area contributed by atoms with Gasteiger partial charge in [0.1, 0.15) is 12.7 Å². The van der Waals surface area contributed by atoms with Crippen LogP contribution in [0.1, 0.15) is 44.4 Å². The van der Waals surface area contributed by atoms with Gasteiger partial charge < -0.3 is 9.84 Å². The van der Waals surface area contributed by atoms with E-state index in [0.29, 0.717) is 5.56 Å². The molecule has 0 amide bonds. The van der Waals surface area contributed by atoms with Crippen LogP contribution < -0.4 is 0 Å². The second-order valence-electron chi connectivity index (χ2n) is 5.51. The van der Waals surface area contributed by atoms with E-state index in [4.69, 9.17) is 0 Å². The normalized spacial score (nSPS) is 14.3. The van der Waals surface area contributed by atoms with E-state index in [0.717, 1.165) is 12.0 Å². The van der Waals surface area contributed by atoms with E-state index in [9.17, 15) is 18.3 Å². The number of aliphatic hydroxyl groups is 1. The molecule has 0 bridgehead atoms. The van der Waals surface area contributed by atoms with Gasteiger partial charge in [0, 0.05) is 0 Å². The third kappa shape index (κ3) is 5.13. The molecular weight excluding hydrogens is 269 g/mol. The van der Waals surface area contributed by atoms with Crippen LogP contribution in [0.5, 0.6) is 0 Å². The van der Waals surface area contributed by atoms with Crippen LogP contribution in [0.2, 0.25) is 0 Å². The molecule has 0 aliphatic carbocycles. The summed E-state index contributed by atoms with van der Waals surface area (Å²) in [5, 5.41) is 9.78. The van der Waals surface area contributed by atoms with E-state index in [2.05, 4.69) is 25.5 Å². The highest BCUT2D eigenvalue weighted by molar-refractivity contribution is 5.29. The molecule has 20 heavy (non-hydrogen) atoms. The van der Waals surface area contributed by atoms with Crippen LogP contribution in [0.25, 0.3) is 0 Å². The Hall–Kier alpha value is -1.07. The minimum Gasteiger partial charge on any atom is -0.386 e. The second-order valence-corrected chi connectivity index (χ2v) is 5.51. The lowest BCUT2D eigenvalue weighted by Gasteiger charge is -2.24. The Balaban J connectivity index is 2.60. The zero-order valence-electron chi connectivity index (χ0n) is 12.0. The van der Waals surface area contributed by atoms with Crippen molar-refractivity contribution in [3.63, 3.8) is 0 Å². The number of aliphatic hydroxyl groups excluding tert-OH is 1. The molecule has 0 heterocycles. The molecule has 1 N–H and O–H groups in total. The molecule has 2 nitrogen and oxygen atoms in total. The van der Waals surface area contributed by atoms with Crippen molar-refractivity contribution >= 4 is 0 Å². The van der Waals surface area contributed by atoms with E-state index in [1.54, 1.807) is 12.1 Å². The molecule has 0 saturated carbocycles. The van der Waals surface area contributed by atoms with E-state index in [1.165, 1.54) is 0 Å². The number of ether oxygens (including phenoxy) is 1. The Bertz CT molecular complexity index is 410. The average Bonchev–Trinajstić information content (AvgIpc) is 2.37. The van der Waals surface area contributed by atoms with Gasteiger partial charge in [0.05, 0.1) is 6.61 Å². The molecule has 0 aliphatic rings. The third-order valence-corrected chi connectivity index (χ3v) is 3.50. The maximum atomic E-state index is 11.9. The summed E-state index contributed by atoms with van der Waals surface area (Å²) in [4.78, 5) is 0. The fourth-order valence-corrected chi connectivity index (χ4v) is 1.74. The molecule has 1 rings (SSSR count). The van der Waals surface area contributed by atoms with E-state index < -0.39 is 18.9 Å². The number of alkyl halides is 3.